The normalized spacial score (nSPS) is 15.1. The predicted octanol–water partition coefficient (Wildman–Crippen LogP) is 1.92. The van der Waals surface area contributed by atoms with Gasteiger partial charge in [0, 0.05) is 31.9 Å². The summed E-state index contributed by atoms with van der Waals surface area (Å²) in [6.45, 7) is 10.4. The monoisotopic (exact) mass is 510 g/mol. The first-order chi connectivity index (χ1) is 17.7. The number of amides is 1. The molecule has 0 aromatic carbocycles. The first-order valence-electron chi connectivity index (χ1n) is 12.4. The molecule has 0 unspecified atom stereocenters. The van der Waals surface area contributed by atoms with E-state index >= 15 is 0 Å². The minimum Gasteiger partial charge on any atom is -0.465 e. The molecule has 0 aliphatic carbocycles. The standard InChI is InChI=1S/C25H34N8O4/c1-4-12-32-22(34)18-16-27-23(28-17-9-14-31(15-10-17)13-6-11-26-24(35)36)30-21(18)33(32)20-8-5-7-19(29-20)25(2,3)37/h4-5,7-8,16-17,26,37H,1,6,9-15H2,2-3H3,(H,35,36)(H,27,28,30). The van der Waals surface area contributed by atoms with Gasteiger partial charge in [-0.2, -0.15) is 4.98 Å². The second kappa shape index (κ2) is 11.1. The number of hydrogen-bond donors (Lipinski definition) is 4. The van der Waals surface area contributed by atoms with E-state index in [1.165, 1.54) is 10.9 Å². The molecule has 4 N–H and O–H groups in total. The van der Waals surface area contributed by atoms with Crippen molar-refractivity contribution in [3.8, 4) is 5.82 Å². The first-order valence-corrected chi connectivity index (χ1v) is 12.4. The van der Waals surface area contributed by atoms with Gasteiger partial charge in [-0.3, -0.25) is 4.79 Å². The summed E-state index contributed by atoms with van der Waals surface area (Å²) in [4.78, 5) is 39.8. The molecular formula is C25H34N8O4. The third-order valence-electron chi connectivity index (χ3n) is 6.40. The van der Waals surface area contributed by atoms with E-state index in [2.05, 4.69) is 32.1 Å². The van der Waals surface area contributed by atoms with Crippen molar-refractivity contribution in [2.45, 2.75) is 51.3 Å². The van der Waals surface area contributed by atoms with E-state index in [1.807, 2.05) is 0 Å². The molecule has 12 nitrogen and oxygen atoms in total. The molecule has 1 fully saturated rings. The van der Waals surface area contributed by atoms with E-state index < -0.39 is 11.7 Å². The number of hydrogen-bond acceptors (Lipinski definition) is 8. The van der Waals surface area contributed by atoms with Crippen molar-refractivity contribution >= 4 is 23.1 Å². The van der Waals surface area contributed by atoms with Crippen molar-refractivity contribution in [3.05, 3.63) is 53.1 Å². The molecule has 0 spiro atoms. The number of aromatic nitrogens is 5. The first kappa shape index (κ1) is 26.3. The number of rotatable bonds is 10. The smallest absolute Gasteiger partial charge is 0.404 e. The van der Waals surface area contributed by atoms with Crippen molar-refractivity contribution in [2.24, 2.45) is 0 Å². The minimum absolute atomic E-state index is 0.179. The SMILES string of the molecule is C=CCn1c(=O)c2cnc(NC3CCN(CCCNC(=O)O)CC3)nc2n1-c1cccc(C(C)(C)O)n1. The molecule has 198 valence electrons. The molecule has 1 aliphatic heterocycles. The fraction of sp³-hybridized carbons (Fsp3) is 0.480. The average Bonchev–Trinajstić information content (AvgIpc) is 3.13. The summed E-state index contributed by atoms with van der Waals surface area (Å²) in [5.41, 5.74) is -0.496. The topological polar surface area (TPSA) is 150 Å². The zero-order chi connectivity index (χ0) is 26.6. The quantitative estimate of drug-likeness (QED) is 0.237. The van der Waals surface area contributed by atoms with Gasteiger partial charge in [0.05, 0.1) is 12.2 Å². The number of fused-ring (bicyclic) bond motifs is 1. The second-order valence-electron chi connectivity index (χ2n) is 9.70. The lowest BCUT2D eigenvalue weighted by Crippen LogP contribution is -2.40. The number of carboxylic acid groups (broad SMARTS) is 1. The molecule has 1 aliphatic rings. The Morgan fingerprint density at radius 1 is 1.27 bits per heavy atom. The Balaban J connectivity index is 1.55. The number of allylic oxidation sites excluding steroid dienone is 1. The van der Waals surface area contributed by atoms with Crippen molar-refractivity contribution in [2.75, 3.05) is 31.5 Å². The van der Waals surface area contributed by atoms with Crippen LogP contribution in [0.3, 0.4) is 0 Å². The van der Waals surface area contributed by atoms with Crippen molar-refractivity contribution < 1.29 is 15.0 Å². The minimum atomic E-state index is -1.15. The fourth-order valence-corrected chi connectivity index (χ4v) is 4.48. The summed E-state index contributed by atoms with van der Waals surface area (Å²) < 4.78 is 3.15. The highest BCUT2D eigenvalue weighted by molar-refractivity contribution is 5.76. The molecule has 0 atom stereocenters. The van der Waals surface area contributed by atoms with Crippen molar-refractivity contribution in [3.63, 3.8) is 0 Å². The van der Waals surface area contributed by atoms with Crippen molar-refractivity contribution in [1.82, 2.24) is 34.5 Å². The molecule has 0 bridgehead atoms. The van der Waals surface area contributed by atoms with E-state index in [1.54, 1.807) is 42.8 Å². The van der Waals surface area contributed by atoms with Crippen molar-refractivity contribution in [1.29, 1.82) is 0 Å². The fourth-order valence-electron chi connectivity index (χ4n) is 4.48. The zero-order valence-corrected chi connectivity index (χ0v) is 21.2. The van der Waals surface area contributed by atoms with Crippen LogP contribution in [0.25, 0.3) is 16.9 Å². The molecule has 0 saturated carbocycles. The lowest BCUT2D eigenvalue weighted by Gasteiger charge is -2.32. The molecule has 12 heteroatoms. The van der Waals surface area contributed by atoms with Crippen LogP contribution in [-0.4, -0.2) is 77.7 Å². The summed E-state index contributed by atoms with van der Waals surface area (Å²) in [6, 6.07) is 5.47. The van der Waals surface area contributed by atoms with Gasteiger partial charge in [-0.1, -0.05) is 12.1 Å². The van der Waals surface area contributed by atoms with Gasteiger partial charge in [0.15, 0.2) is 11.5 Å². The van der Waals surface area contributed by atoms with Crippen LogP contribution in [0.15, 0.2) is 41.8 Å². The number of nitrogens with zero attached hydrogens (tertiary/aromatic N) is 6. The van der Waals surface area contributed by atoms with Crippen LogP contribution in [0.4, 0.5) is 10.7 Å². The Morgan fingerprint density at radius 3 is 2.70 bits per heavy atom. The van der Waals surface area contributed by atoms with E-state index in [9.17, 15) is 14.7 Å². The number of pyridine rings is 1. The maximum absolute atomic E-state index is 13.2. The molecule has 0 radical (unpaired) electrons. The summed E-state index contributed by atoms with van der Waals surface area (Å²) in [7, 11) is 0. The van der Waals surface area contributed by atoms with Crippen LogP contribution in [0.5, 0.6) is 0 Å². The van der Waals surface area contributed by atoms with Gasteiger partial charge >= 0.3 is 6.09 Å². The number of carbonyl (C=O) groups is 1. The van der Waals surface area contributed by atoms with Gasteiger partial charge in [0.2, 0.25) is 5.95 Å². The lowest BCUT2D eigenvalue weighted by molar-refractivity contribution is 0.0738. The highest BCUT2D eigenvalue weighted by Crippen LogP contribution is 2.22. The van der Waals surface area contributed by atoms with Gasteiger partial charge in [-0.25, -0.2) is 24.1 Å². The predicted molar refractivity (Wildman–Crippen MR) is 140 cm³/mol. The Hall–Kier alpha value is -3.77. The van der Waals surface area contributed by atoms with E-state index in [0.29, 0.717) is 35.0 Å². The maximum Gasteiger partial charge on any atom is 0.404 e. The van der Waals surface area contributed by atoms with Gasteiger partial charge in [0.25, 0.3) is 5.56 Å². The van der Waals surface area contributed by atoms with Gasteiger partial charge in [-0.15, -0.1) is 6.58 Å². The Kier molecular flexibility index (Phi) is 7.89. The maximum atomic E-state index is 13.2. The number of nitrogens with one attached hydrogen (secondary N) is 2. The molecule has 3 aromatic heterocycles. The van der Waals surface area contributed by atoms with Crippen LogP contribution >= 0.6 is 0 Å². The Labute approximate surface area is 214 Å². The highest BCUT2D eigenvalue weighted by atomic mass is 16.4. The van der Waals surface area contributed by atoms with Crippen LogP contribution < -0.4 is 16.2 Å². The van der Waals surface area contributed by atoms with Crippen LogP contribution in [-0.2, 0) is 12.1 Å². The molecular weight excluding hydrogens is 476 g/mol. The zero-order valence-electron chi connectivity index (χ0n) is 21.2. The molecule has 1 amide bonds. The molecule has 4 rings (SSSR count). The van der Waals surface area contributed by atoms with Crippen LogP contribution in [0.2, 0.25) is 0 Å². The molecule has 3 aromatic rings. The summed E-state index contributed by atoms with van der Waals surface area (Å²) in [6.07, 6.45) is 4.74. The van der Waals surface area contributed by atoms with E-state index in [4.69, 9.17) is 10.1 Å². The third kappa shape index (κ3) is 6.15. The van der Waals surface area contributed by atoms with Crippen LogP contribution in [0.1, 0.15) is 38.8 Å². The highest BCUT2D eigenvalue weighted by Gasteiger charge is 2.23. The van der Waals surface area contributed by atoms with E-state index in [0.717, 1.165) is 38.9 Å². The molecule has 1 saturated heterocycles. The third-order valence-corrected chi connectivity index (χ3v) is 6.40. The average molecular weight is 511 g/mol. The number of anilines is 1. The Bertz CT molecular complexity index is 1320. The van der Waals surface area contributed by atoms with Gasteiger partial charge in [0.1, 0.15) is 11.0 Å². The van der Waals surface area contributed by atoms with E-state index in [-0.39, 0.29) is 18.1 Å². The summed E-state index contributed by atoms with van der Waals surface area (Å²) in [5, 5.41) is 25.3. The van der Waals surface area contributed by atoms with Crippen LogP contribution in [0, 0.1) is 0 Å². The summed E-state index contributed by atoms with van der Waals surface area (Å²) >= 11 is 0. The number of likely N-dealkylation sites (tertiary alicyclic amines) is 1. The molecule has 37 heavy (non-hydrogen) atoms. The number of piperidine rings is 1. The van der Waals surface area contributed by atoms with Gasteiger partial charge < -0.3 is 25.7 Å². The number of aliphatic hydroxyl groups is 1. The summed E-state index contributed by atoms with van der Waals surface area (Å²) in [5.74, 6) is 0.892. The molecule has 4 heterocycles. The Morgan fingerprint density at radius 2 is 2.03 bits per heavy atom. The lowest BCUT2D eigenvalue weighted by atomic mass is 10.1. The second-order valence-corrected chi connectivity index (χ2v) is 9.70. The van der Waals surface area contributed by atoms with Gasteiger partial charge in [-0.05, 0) is 51.8 Å². The largest absolute Gasteiger partial charge is 0.465 e.